The number of rotatable bonds is 4. The number of hydrogen-bond donors (Lipinski definition) is 3. The summed E-state index contributed by atoms with van der Waals surface area (Å²) in [5.41, 5.74) is 6.96. The van der Waals surface area contributed by atoms with Gasteiger partial charge in [0.05, 0.1) is 11.7 Å². The molecule has 1 aliphatic rings. The summed E-state index contributed by atoms with van der Waals surface area (Å²) in [6.07, 6.45) is 0.899. The molecule has 2 unspecified atom stereocenters. The first-order chi connectivity index (χ1) is 10.8. The Morgan fingerprint density at radius 2 is 2.04 bits per heavy atom. The maximum atomic E-state index is 13.6. The van der Waals surface area contributed by atoms with E-state index in [0.717, 1.165) is 11.3 Å². The average Bonchev–Trinajstić information content (AvgIpc) is 3.11. The molecule has 0 saturated carbocycles. The smallest absolute Gasteiger partial charge is 0.271 e. The molecule has 3 rings (SSSR count). The van der Waals surface area contributed by atoms with Crippen molar-refractivity contribution >= 4 is 27.0 Å². The molecule has 2 aromatic rings. The molecule has 8 heteroatoms. The molecule has 2 heterocycles. The van der Waals surface area contributed by atoms with Crippen LogP contribution < -0.4 is 15.6 Å². The fraction of sp³-hybridized carbons (Fsp3) is 0.333. The third-order valence-corrected chi connectivity index (χ3v) is 6.80. The van der Waals surface area contributed by atoms with Crippen LogP contribution in [0.5, 0.6) is 0 Å². The van der Waals surface area contributed by atoms with E-state index >= 15 is 0 Å². The molecule has 3 N–H and O–H groups in total. The minimum Gasteiger partial charge on any atom is -0.279 e. The summed E-state index contributed by atoms with van der Waals surface area (Å²) >= 11 is 1.22. The van der Waals surface area contributed by atoms with Gasteiger partial charge >= 0.3 is 0 Å². The minimum atomic E-state index is -3.71. The second kappa shape index (κ2) is 6.20. The van der Waals surface area contributed by atoms with Crippen LogP contribution in [-0.4, -0.2) is 14.5 Å². The lowest BCUT2D eigenvalue weighted by atomic mass is 10.1. The molecule has 1 fully saturated rings. The summed E-state index contributed by atoms with van der Waals surface area (Å²) in [6, 6.07) is 8.12. The van der Waals surface area contributed by atoms with E-state index in [1.54, 1.807) is 25.1 Å². The molecule has 1 aliphatic heterocycles. The number of sulfonamides is 1. The van der Waals surface area contributed by atoms with Crippen LogP contribution in [0.25, 0.3) is 0 Å². The molecule has 2 atom stereocenters. The second-order valence-corrected chi connectivity index (χ2v) is 8.73. The van der Waals surface area contributed by atoms with Crippen LogP contribution >= 0.6 is 11.3 Å². The number of anilines is 1. The van der Waals surface area contributed by atoms with Crippen LogP contribution in [0.3, 0.4) is 0 Å². The third-order valence-electron chi connectivity index (χ3n) is 3.73. The highest BCUT2D eigenvalue weighted by Crippen LogP contribution is 2.31. The van der Waals surface area contributed by atoms with E-state index in [2.05, 4.69) is 22.5 Å². The molecule has 0 amide bonds. The fourth-order valence-electron chi connectivity index (χ4n) is 2.43. The summed E-state index contributed by atoms with van der Waals surface area (Å²) in [6.45, 7) is 3.69. The highest BCUT2D eigenvalue weighted by atomic mass is 32.2. The summed E-state index contributed by atoms with van der Waals surface area (Å²) in [5, 5.41) is 0. The number of benzene rings is 1. The van der Waals surface area contributed by atoms with Crippen molar-refractivity contribution in [1.29, 1.82) is 0 Å². The Kier molecular flexibility index (Phi) is 4.41. The van der Waals surface area contributed by atoms with Gasteiger partial charge in [-0.25, -0.2) is 18.2 Å². The van der Waals surface area contributed by atoms with Crippen molar-refractivity contribution in [3.8, 4) is 0 Å². The Bertz CT molecular complexity index is 820. The third kappa shape index (κ3) is 3.55. The topological polar surface area (TPSA) is 70.2 Å². The van der Waals surface area contributed by atoms with Crippen LogP contribution in [-0.2, 0) is 10.0 Å². The van der Waals surface area contributed by atoms with Crippen LogP contribution in [0.1, 0.15) is 29.8 Å². The summed E-state index contributed by atoms with van der Waals surface area (Å²) < 4.78 is 41.1. The fourth-order valence-corrected chi connectivity index (χ4v) is 4.87. The number of hydrogen-bond acceptors (Lipinski definition) is 5. The second-order valence-electron chi connectivity index (χ2n) is 5.70. The van der Waals surface area contributed by atoms with Crippen molar-refractivity contribution in [3.05, 3.63) is 46.6 Å². The molecule has 23 heavy (non-hydrogen) atoms. The van der Waals surface area contributed by atoms with Gasteiger partial charge in [0, 0.05) is 10.9 Å². The predicted molar refractivity (Wildman–Crippen MR) is 89.4 cm³/mol. The van der Waals surface area contributed by atoms with Gasteiger partial charge in [-0.1, -0.05) is 6.07 Å². The van der Waals surface area contributed by atoms with E-state index in [1.165, 1.54) is 17.4 Å². The quantitative estimate of drug-likeness (QED) is 0.789. The van der Waals surface area contributed by atoms with Crippen LogP contribution in [0.15, 0.2) is 34.5 Å². The first kappa shape index (κ1) is 16.4. The molecule has 1 aromatic carbocycles. The minimum absolute atomic E-state index is 0.107. The van der Waals surface area contributed by atoms with E-state index in [9.17, 15) is 12.8 Å². The summed E-state index contributed by atoms with van der Waals surface area (Å²) in [7, 11) is -3.71. The number of aryl methyl sites for hydroxylation is 1. The van der Waals surface area contributed by atoms with Crippen molar-refractivity contribution in [2.75, 3.05) is 4.72 Å². The average molecular weight is 355 g/mol. The van der Waals surface area contributed by atoms with Gasteiger partial charge in [-0.2, -0.15) is 0 Å². The largest absolute Gasteiger partial charge is 0.279 e. The van der Waals surface area contributed by atoms with Crippen molar-refractivity contribution < 1.29 is 12.8 Å². The number of thiophene rings is 1. The molecular weight excluding hydrogens is 337 g/mol. The van der Waals surface area contributed by atoms with E-state index < -0.39 is 15.8 Å². The Morgan fingerprint density at radius 3 is 2.70 bits per heavy atom. The van der Waals surface area contributed by atoms with Gasteiger partial charge in [-0.05, 0) is 50.1 Å². The Labute approximate surface area is 138 Å². The monoisotopic (exact) mass is 355 g/mol. The zero-order chi connectivity index (χ0) is 16.6. The van der Waals surface area contributed by atoms with Crippen molar-refractivity contribution in [2.45, 2.75) is 36.6 Å². The molecule has 0 bridgehead atoms. The van der Waals surface area contributed by atoms with E-state index in [1.807, 2.05) is 6.07 Å². The van der Waals surface area contributed by atoms with Crippen molar-refractivity contribution in [2.24, 2.45) is 0 Å². The highest BCUT2D eigenvalue weighted by Gasteiger charge is 2.25. The molecule has 0 aliphatic carbocycles. The van der Waals surface area contributed by atoms with Gasteiger partial charge in [0.2, 0.25) is 0 Å². The van der Waals surface area contributed by atoms with Gasteiger partial charge in [-0.15, -0.1) is 11.3 Å². The maximum absolute atomic E-state index is 13.6. The lowest BCUT2D eigenvalue weighted by Gasteiger charge is -2.08. The maximum Gasteiger partial charge on any atom is 0.271 e. The molecule has 0 radical (unpaired) electrons. The zero-order valence-electron chi connectivity index (χ0n) is 12.8. The summed E-state index contributed by atoms with van der Waals surface area (Å²) in [4.78, 5) is 0.956. The lowest BCUT2D eigenvalue weighted by molar-refractivity contribution is 0.564. The molecular formula is C15H18FN3O2S2. The van der Waals surface area contributed by atoms with Gasteiger partial charge in [0.25, 0.3) is 10.0 Å². The van der Waals surface area contributed by atoms with Gasteiger partial charge in [-0.3, -0.25) is 10.1 Å². The first-order valence-corrected chi connectivity index (χ1v) is 9.55. The molecule has 124 valence electrons. The molecule has 1 aromatic heterocycles. The molecule has 5 nitrogen and oxygen atoms in total. The molecule has 1 saturated heterocycles. The normalized spacial score (nSPS) is 21.5. The van der Waals surface area contributed by atoms with Crippen molar-refractivity contribution in [3.63, 3.8) is 0 Å². The van der Waals surface area contributed by atoms with Crippen LogP contribution in [0.4, 0.5) is 10.1 Å². The van der Waals surface area contributed by atoms with E-state index in [0.29, 0.717) is 11.6 Å². The number of halogens is 1. The van der Waals surface area contributed by atoms with Crippen molar-refractivity contribution in [1.82, 2.24) is 10.9 Å². The van der Waals surface area contributed by atoms with Gasteiger partial charge in [0.15, 0.2) is 0 Å². The Balaban J connectivity index is 1.79. The van der Waals surface area contributed by atoms with Crippen LogP contribution in [0, 0.1) is 12.7 Å². The van der Waals surface area contributed by atoms with E-state index in [4.69, 9.17) is 0 Å². The standard InChI is InChI=1S/C15H18FN3O2S2/c1-9-3-4-11(8-12(9)16)19-23(20,21)15-6-5-14(22-15)13-7-10(2)17-18-13/h3-6,8,10,13,17-19H,7H2,1-2H3. The SMILES string of the molecule is Cc1ccc(NS(=O)(=O)c2ccc(C3CC(C)NN3)s2)cc1F. The van der Waals surface area contributed by atoms with Gasteiger partial charge in [0.1, 0.15) is 10.0 Å². The summed E-state index contributed by atoms with van der Waals surface area (Å²) in [5.74, 6) is -0.438. The Hall–Kier alpha value is -1.48. The van der Waals surface area contributed by atoms with E-state index in [-0.39, 0.29) is 15.9 Å². The highest BCUT2D eigenvalue weighted by molar-refractivity contribution is 7.94. The molecule has 0 spiro atoms. The zero-order valence-corrected chi connectivity index (χ0v) is 14.4. The lowest BCUT2D eigenvalue weighted by Crippen LogP contribution is -2.28. The van der Waals surface area contributed by atoms with Gasteiger partial charge < -0.3 is 0 Å². The van der Waals surface area contributed by atoms with Crippen LogP contribution in [0.2, 0.25) is 0 Å². The Morgan fingerprint density at radius 1 is 1.26 bits per heavy atom. The first-order valence-electron chi connectivity index (χ1n) is 7.25. The number of nitrogens with one attached hydrogen (secondary N) is 3. The predicted octanol–water partition coefficient (Wildman–Crippen LogP) is 2.92. The number of hydrazine groups is 1.